The van der Waals surface area contributed by atoms with Gasteiger partial charge >= 0.3 is 0 Å². The Kier molecular flexibility index (Phi) is 3.07. The van der Waals surface area contributed by atoms with E-state index in [1.54, 1.807) is 0 Å². The largest absolute Gasteiger partial charge is 0.206 e. The molecule has 0 amide bonds. The van der Waals surface area contributed by atoms with Crippen molar-refractivity contribution in [3.63, 3.8) is 0 Å². The molecule has 0 saturated carbocycles. The molecule has 0 nitrogen and oxygen atoms in total. The first-order valence-electron chi connectivity index (χ1n) is 4.76. The van der Waals surface area contributed by atoms with Gasteiger partial charge in [-0.2, -0.15) is 0 Å². The first-order valence-corrected chi connectivity index (χ1v) is 4.76. The predicted octanol–water partition coefficient (Wildman–Crippen LogP) is 3.64. The minimum atomic E-state index is -0.0625. The lowest BCUT2D eigenvalue weighted by Gasteiger charge is -2.08. The number of benzene rings is 1. The average Bonchev–Trinajstić information content (AvgIpc) is 1.98. The average molecular weight is 180 g/mol. The summed E-state index contributed by atoms with van der Waals surface area (Å²) < 4.78 is 13.2. The number of aryl methyl sites for hydroxylation is 2. The van der Waals surface area contributed by atoms with Crippen molar-refractivity contribution in [2.45, 2.75) is 34.1 Å². The second-order valence-electron chi connectivity index (χ2n) is 4.14. The topological polar surface area (TPSA) is 0 Å². The van der Waals surface area contributed by atoms with Crippen LogP contribution in [0.15, 0.2) is 12.1 Å². The second kappa shape index (κ2) is 3.91. The van der Waals surface area contributed by atoms with Gasteiger partial charge in [0.1, 0.15) is 5.82 Å². The molecule has 0 heterocycles. The molecule has 1 rings (SSSR count). The Morgan fingerprint density at radius 2 is 1.62 bits per heavy atom. The highest BCUT2D eigenvalue weighted by molar-refractivity contribution is 5.30. The molecule has 0 bridgehead atoms. The molecular weight excluding hydrogens is 163 g/mol. The Morgan fingerprint density at radius 3 is 2.00 bits per heavy atom. The van der Waals surface area contributed by atoms with Crippen LogP contribution < -0.4 is 0 Å². The molecule has 0 radical (unpaired) electrons. The van der Waals surface area contributed by atoms with Gasteiger partial charge in [-0.3, -0.25) is 0 Å². The predicted molar refractivity (Wildman–Crippen MR) is 54.4 cm³/mol. The van der Waals surface area contributed by atoms with E-state index < -0.39 is 0 Å². The monoisotopic (exact) mass is 180 g/mol. The van der Waals surface area contributed by atoms with E-state index in [2.05, 4.69) is 13.8 Å². The molecule has 0 aliphatic rings. The highest BCUT2D eigenvalue weighted by Crippen LogP contribution is 2.17. The van der Waals surface area contributed by atoms with Crippen molar-refractivity contribution in [2.75, 3.05) is 0 Å². The van der Waals surface area contributed by atoms with E-state index in [0.29, 0.717) is 5.92 Å². The lowest BCUT2D eigenvalue weighted by Crippen LogP contribution is -1.97. The number of rotatable bonds is 2. The highest BCUT2D eigenvalue weighted by Gasteiger charge is 2.05. The first kappa shape index (κ1) is 10.2. The van der Waals surface area contributed by atoms with Crippen LogP contribution in [-0.2, 0) is 6.42 Å². The first-order chi connectivity index (χ1) is 6.00. The molecule has 0 fully saturated rings. The van der Waals surface area contributed by atoms with Crippen molar-refractivity contribution >= 4 is 0 Å². The van der Waals surface area contributed by atoms with Gasteiger partial charge < -0.3 is 0 Å². The van der Waals surface area contributed by atoms with Crippen LogP contribution in [0, 0.1) is 25.6 Å². The summed E-state index contributed by atoms with van der Waals surface area (Å²) in [6.45, 7) is 8.00. The summed E-state index contributed by atoms with van der Waals surface area (Å²) >= 11 is 0. The van der Waals surface area contributed by atoms with Crippen molar-refractivity contribution < 1.29 is 4.39 Å². The maximum Gasteiger partial charge on any atom is 0.129 e. The van der Waals surface area contributed by atoms with E-state index in [4.69, 9.17) is 0 Å². The second-order valence-corrected chi connectivity index (χ2v) is 4.14. The summed E-state index contributed by atoms with van der Waals surface area (Å²) in [5.41, 5.74) is 2.76. The fourth-order valence-electron chi connectivity index (χ4n) is 1.62. The molecule has 72 valence electrons. The van der Waals surface area contributed by atoms with Crippen molar-refractivity contribution in [1.29, 1.82) is 0 Å². The molecule has 0 aliphatic carbocycles. The summed E-state index contributed by atoms with van der Waals surface area (Å²) in [6.07, 6.45) is 1.03. The third-order valence-corrected chi connectivity index (χ3v) is 2.14. The standard InChI is InChI=1S/C12H17F/c1-8(2)5-11-6-9(3)12(13)10(4)7-11/h6-8H,5H2,1-4H3. The van der Waals surface area contributed by atoms with E-state index in [1.165, 1.54) is 5.56 Å². The van der Waals surface area contributed by atoms with Gasteiger partial charge in [0.15, 0.2) is 0 Å². The van der Waals surface area contributed by atoms with Gasteiger partial charge in [-0.15, -0.1) is 0 Å². The normalized spacial score (nSPS) is 10.9. The lowest BCUT2D eigenvalue weighted by molar-refractivity contribution is 0.603. The van der Waals surface area contributed by atoms with Crippen molar-refractivity contribution in [3.05, 3.63) is 34.6 Å². The molecule has 0 aromatic heterocycles. The van der Waals surface area contributed by atoms with Crippen LogP contribution in [0.4, 0.5) is 4.39 Å². The molecule has 1 aromatic rings. The van der Waals surface area contributed by atoms with Crippen LogP contribution in [0.5, 0.6) is 0 Å². The minimum Gasteiger partial charge on any atom is -0.206 e. The smallest absolute Gasteiger partial charge is 0.129 e. The summed E-state index contributed by atoms with van der Waals surface area (Å²) in [4.78, 5) is 0. The van der Waals surface area contributed by atoms with Gasteiger partial charge in [0, 0.05) is 0 Å². The quantitative estimate of drug-likeness (QED) is 0.651. The molecule has 13 heavy (non-hydrogen) atoms. The number of hydrogen-bond acceptors (Lipinski definition) is 0. The number of halogens is 1. The Balaban J connectivity index is 2.99. The van der Waals surface area contributed by atoms with Gasteiger partial charge in [-0.05, 0) is 42.9 Å². The maximum atomic E-state index is 13.2. The maximum absolute atomic E-state index is 13.2. The minimum absolute atomic E-state index is 0.0625. The molecule has 0 aliphatic heterocycles. The van der Waals surface area contributed by atoms with Crippen molar-refractivity contribution in [1.82, 2.24) is 0 Å². The zero-order valence-electron chi connectivity index (χ0n) is 8.82. The van der Waals surface area contributed by atoms with E-state index >= 15 is 0 Å². The molecule has 0 saturated heterocycles. The summed E-state index contributed by atoms with van der Waals surface area (Å²) in [5.74, 6) is 0.566. The Morgan fingerprint density at radius 1 is 1.15 bits per heavy atom. The molecule has 0 N–H and O–H groups in total. The van der Waals surface area contributed by atoms with E-state index in [9.17, 15) is 4.39 Å². The molecule has 0 unspecified atom stereocenters. The molecule has 0 atom stereocenters. The summed E-state index contributed by atoms with van der Waals surface area (Å²) in [7, 11) is 0. The lowest BCUT2D eigenvalue weighted by atomic mass is 9.99. The fraction of sp³-hybridized carbons (Fsp3) is 0.500. The van der Waals surface area contributed by atoms with E-state index in [0.717, 1.165) is 17.5 Å². The van der Waals surface area contributed by atoms with Crippen LogP contribution in [0.1, 0.15) is 30.5 Å². The van der Waals surface area contributed by atoms with Crippen LogP contribution in [0.2, 0.25) is 0 Å². The van der Waals surface area contributed by atoms with E-state index in [1.807, 2.05) is 26.0 Å². The van der Waals surface area contributed by atoms with Crippen LogP contribution in [-0.4, -0.2) is 0 Å². The Bertz CT molecular complexity index is 277. The fourth-order valence-corrected chi connectivity index (χ4v) is 1.62. The zero-order chi connectivity index (χ0) is 10.0. The Labute approximate surface area is 79.8 Å². The Hall–Kier alpha value is -0.850. The SMILES string of the molecule is Cc1cc(CC(C)C)cc(C)c1F. The van der Waals surface area contributed by atoms with Crippen molar-refractivity contribution in [3.8, 4) is 0 Å². The van der Waals surface area contributed by atoms with Crippen LogP contribution >= 0.6 is 0 Å². The molecule has 1 heteroatoms. The van der Waals surface area contributed by atoms with Gasteiger partial charge in [-0.1, -0.05) is 26.0 Å². The molecule has 1 aromatic carbocycles. The van der Waals surface area contributed by atoms with Gasteiger partial charge in [0.05, 0.1) is 0 Å². The van der Waals surface area contributed by atoms with Crippen LogP contribution in [0.3, 0.4) is 0 Å². The van der Waals surface area contributed by atoms with Gasteiger partial charge in [0.2, 0.25) is 0 Å². The van der Waals surface area contributed by atoms with Gasteiger partial charge in [0.25, 0.3) is 0 Å². The van der Waals surface area contributed by atoms with Crippen molar-refractivity contribution in [2.24, 2.45) is 5.92 Å². The molecular formula is C12H17F. The van der Waals surface area contributed by atoms with Gasteiger partial charge in [-0.25, -0.2) is 4.39 Å². The zero-order valence-corrected chi connectivity index (χ0v) is 8.82. The van der Waals surface area contributed by atoms with E-state index in [-0.39, 0.29) is 5.82 Å². The van der Waals surface area contributed by atoms with Crippen LogP contribution in [0.25, 0.3) is 0 Å². The highest BCUT2D eigenvalue weighted by atomic mass is 19.1. The third kappa shape index (κ3) is 2.55. The number of hydrogen-bond donors (Lipinski definition) is 0. The molecule has 0 spiro atoms. The third-order valence-electron chi connectivity index (χ3n) is 2.14. The summed E-state index contributed by atoms with van der Waals surface area (Å²) in [6, 6.07) is 3.89. The summed E-state index contributed by atoms with van der Waals surface area (Å²) in [5, 5.41) is 0.